The molecule has 2 aromatic rings. The zero-order valence-corrected chi connectivity index (χ0v) is 11.9. The summed E-state index contributed by atoms with van der Waals surface area (Å²) in [7, 11) is 0. The number of anilines is 1. The van der Waals surface area contributed by atoms with Crippen LogP contribution in [0.15, 0.2) is 53.4 Å². The van der Waals surface area contributed by atoms with Gasteiger partial charge in [-0.1, -0.05) is 23.8 Å². The van der Waals surface area contributed by atoms with Gasteiger partial charge in [0.25, 0.3) is 0 Å². The van der Waals surface area contributed by atoms with Crippen LogP contribution < -0.4 is 5.32 Å². The Hall–Kier alpha value is -2.25. The molecule has 0 unspecified atom stereocenters. The van der Waals surface area contributed by atoms with Gasteiger partial charge in [0.15, 0.2) is 0 Å². The van der Waals surface area contributed by atoms with Gasteiger partial charge in [-0.05, 0) is 37.3 Å². The highest BCUT2D eigenvalue weighted by Gasteiger charge is 2.04. The molecule has 0 heterocycles. The highest BCUT2D eigenvalue weighted by Crippen LogP contribution is 2.18. The van der Waals surface area contributed by atoms with Gasteiger partial charge < -0.3 is 5.32 Å². The van der Waals surface area contributed by atoms with Crippen LogP contribution in [-0.4, -0.2) is 11.7 Å². The normalized spacial score (nSPS) is 9.80. The number of hydrogen-bond acceptors (Lipinski definition) is 3. The van der Waals surface area contributed by atoms with E-state index in [0.717, 1.165) is 4.90 Å². The minimum atomic E-state index is -0.0781. The van der Waals surface area contributed by atoms with Crippen LogP contribution in [0.4, 0.5) is 5.69 Å². The van der Waals surface area contributed by atoms with Crippen molar-refractivity contribution in [1.82, 2.24) is 0 Å². The summed E-state index contributed by atoms with van der Waals surface area (Å²) < 4.78 is 0. The summed E-state index contributed by atoms with van der Waals surface area (Å²) in [5, 5.41) is 11.6. The molecule has 20 heavy (non-hydrogen) atoms. The Morgan fingerprint density at radius 1 is 1.25 bits per heavy atom. The van der Waals surface area contributed by atoms with Crippen molar-refractivity contribution in [1.29, 1.82) is 5.26 Å². The fourth-order valence-electron chi connectivity index (χ4n) is 1.65. The van der Waals surface area contributed by atoms with Crippen LogP contribution in [0.2, 0.25) is 0 Å². The van der Waals surface area contributed by atoms with Gasteiger partial charge in [0, 0.05) is 10.6 Å². The molecule has 0 saturated carbocycles. The molecular formula is C16H14N2OS. The maximum Gasteiger partial charge on any atom is 0.234 e. The second-order valence-corrected chi connectivity index (χ2v) is 5.39. The summed E-state index contributed by atoms with van der Waals surface area (Å²) >= 11 is 1.49. The van der Waals surface area contributed by atoms with Crippen LogP contribution in [0.25, 0.3) is 0 Å². The van der Waals surface area contributed by atoms with Crippen LogP contribution in [0.5, 0.6) is 0 Å². The summed E-state index contributed by atoms with van der Waals surface area (Å²) in [6.07, 6.45) is 0. The molecule has 3 nitrogen and oxygen atoms in total. The molecule has 0 fully saturated rings. The number of carbonyl (C=O) groups is 1. The molecule has 0 bridgehead atoms. The average molecular weight is 282 g/mol. The van der Waals surface area contributed by atoms with Crippen molar-refractivity contribution in [2.45, 2.75) is 11.8 Å². The van der Waals surface area contributed by atoms with Crippen LogP contribution in [0.1, 0.15) is 11.1 Å². The number of aryl methyl sites for hydroxylation is 1. The van der Waals surface area contributed by atoms with Crippen molar-refractivity contribution in [2.24, 2.45) is 0 Å². The van der Waals surface area contributed by atoms with Crippen molar-refractivity contribution in [2.75, 3.05) is 11.1 Å². The molecule has 0 aliphatic carbocycles. The Morgan fingerprint density at radius 2 is 2.00 bits per heavy atom. The first-order valence-electron chi connectivity index (χ1n) is 6.17. The molecule has 0 aliphatic heterocycles. The molecule has 0 atom stereocenters. The van der Waals surface area contributed by atoms with Crippen LogP contribution in [0, 0.1) is 18.3 Å². The topological polar surface area (TPSA) is 52.9 Å². The van der Waals surface area contributed by atoms with E-state index in [1.165, 1.54) is 17.3 Å². The Kier molecular flexibility index (Phi) is 4.80. The lowest BCUT2D eigenvalue weighted by Crippen LogP contribution is -2.13. The number of amides is 1. The first-order chi connectivity index (χ1) is 9.67. The molecule has 1 N–H and O–H groups in total. The number of nitrogens with zero attached hydrogens (tertiary/aromatic N) is 1. The largest absolute Gasteiger partial charge is 0.325 e. The minimum absolute atomic E-state index is 0.0781. The maximum atomic E-state index is 11.8. The molecule has 4 heteroatoms. The average Bonchev–Trinajstić information content (AvgIpc) is 2.47. The third kappa shape index (κ3) is 4.15. The second-order valence-electron chi connectivity index (χ2n) is 4.34. The van der Waals surface area contributed by atoms with E-state index >= 15 is 0 Å². The Labute approximate surface area is 122 Å². The number of nitrogens with one attached hydrogen (secondary N) is 1. The molecule has 2 rings (SSSR count). The number of carbonyl (C=O) groups excluding carboxylic acids is 1. The predicted molar refractivity (Wildman–Crippen MR) is 81.7 cm³/mol. The molecule has 0 spiro atoms. The van der Waals surface area contributed by atoms with Gasteiger partial charge in [-0.2, -0.15) is 5.26 Å². The molecule has 100 valence electrons. The van der Waals surface area contributed by atoms with Crippen molar-refractivity contribution in [3.05, 3.63) is 59.7 Å². The van der Waals surface area contributed by atoms with Crippen LogP contribution >= 0.6 is 11.8 Å². The van der Waals surface area contributed by atoms with E-state index in [0.29, 0.717) is 17.0 Å². The highest BCUT2D eigenvalue weighted by atomic mass is 32.2. The van der Waals surface area contributed by atoms with E-state index in [9.17, 15) is 4.79 Å². The molecule has 0 saturated heterocycles. The van der Waals surface area contributed by atoms with Gasteiger partial charge in [0.2, 0.25) is 5.91 Å². The van der Waals surface area contributed by atoms with Crippen LogP contribution in [-0.2, 0) is 4.79 Å². The van der Waals surface area contributed by atoms with E-state index < -0.39 is 0 Å². The number of rotatable bonds is 4. The van der Waals surface area contributed by atoms with Crippen molar-refractivity contribution in [3.8, 4) is 6.07 Å². The molecule has 2 aromatic carbocycles. The van der Waals surface area contributed by atoms with Gasteiger partial charge in [-0.15, -0.1) is 11.8 Å². The van der Waals surface area contributed by atoms with Gasteiger partial charge in [0.1, 0.15) is 0 Å². The van der Waals surface area contributed by atoms with E-state index in [-0.39, 0.29) is 5.91 Å². The first kappa shape index (κ1) is 14.2. The second kappa shape index (κ2) is 6.78. The zero-order chi connectivity index (χ0) is 14.4. The SMILES string of the molecule is Cc1ccc(SCC(=O)Nc2cccc(C#N)c2)cc1. The van der Waals surface area contributed by atoms with Crippen molar-refractivity contribution >= 4 is 23.4 Å². The van der Waals surface area contributed by atoms with Crippen molar-refractivity contribution in [3.63, 3.8) is 0 Å². The molecule has 1 amide bonds. The summed E-state index contributed by atoms with van der Waals surface area (Å²) in [4.78, 5) is 12.9. The Morgan fingerprint density at radius 3 is 2.70 bits per heavy atom. The highest BCUT2D eigenvalue weighted by molar-refractivity contribution is 8.00. The van der Waals surface area contributed by atoms with E-state index in [2.05, 4.69) is 5.32 Å². The Bertz CT molecular complexity index is 644. The quantitative estimate of drug-likeness (QED) is 0.872. The van der Waals surface area contributed by atoms with Gasteiger partial charge in [-0.3, -0.25) is 4.79 Å². The van der Waals surface area contributed by atoms with Gasteiger partial charge in [-0.25, -0.2) is 0 Å². The van der Waals surface area contributed by atoms with Crippen molar-refractivity contribution < 1.29 is 4.79 Å². The van der Waals surface area contributed by atoms with E-state index in [1.807, 2.05) is 37.3 Å². The third-order valence-corrected chi connectivity index (χ3v) is 3.68. The molecular weight excluding hydrogens is 268 g/mol. The number of nitriles is 1. The standard InChI is InChI=1S/C16H14N2OS/c1-12-5-7-15(8-6-12)20-11-16(19)18-14-4-2-3-13(9-14)10-17/h2-9H,11H2,1H3,(H,18,19). The van der Waals surface area contributed by atoms with Gasteiger partial charge >= 0.3 is 0 Å². The smallest absolute Gasteiger partial charge is 0.234 e. The summed E-state index contributed by atoms with van der Waals surface area (Å²) in [6, 6.07) is 17.0. The maximum absolute atomic E-state index is 11.8. The van der Waals surface area contributed by atoms with Gasteiger partial charge in [0.05, 0.1) is 17.4 Å². The summed E-state index contributed by atoms with van der Waals surface area (Å²) in [5.74, 6) is 0.269. The lowest BCUT2D eigenvalue weighted by Gasteiger charge is -2.05. The lowest BCUT2D eigenvalue weighted by molar-refractivity contribution is -0.113. The molecule has 0 aromatic heterocycles. The zero-order valence-electron chi connectivity index (χ0n) is 11.1. The molecule has 0 aliphatic rings. The number of hydrogen-bond donors (Lipinski definition) is 1. The monoisotopic (exact) mass is 282 g/mol. The summed E-state index contributed by atoms with van der Waals surface area (Å²) in [6.45, 7) is 2.03. The van der Waals surface area contributed by atoms with Crippen LogP contribution in [0.3, 0.4) is 0 Å². The predicted octanol–water partition coefficient (Wildman–Crippen LogP) is 3.60. The van der Waals surface area contributed by atoms with E-state index in [1.54, 1.807) is 24.3 Å². The first-order valence-corrected chi connectivity index (χ1v) is 7.15. The summed E-state index contributed by atoms with van der Waals surface area (Å²) in [5.41, 5.74) is 2.39. The third-order valence-electron chi connectivity index (χ3n) is 2.67. The number of benzene rings is 2. The minimum Gasteiger partial charge on any atom is -0.325 e. The fourth-order valence-corrected chi connectivity index (χ4v) is 2.35. The van der Waals surface area contributed by atoms with E-state index in [4.69, 9.17) is 5.26 Å². The molecule has 0 radical (unpaired) electrons. The lowest BCUT2D eigenvalue weighted by atomic mass is 10.2. The fraction of sp³-hybridized carbons (Fsp3) is 0.125. The number of thioether (sulfide) groups is 1. The Balaban J connectivity index is 1.89.